The van der Waals surface area contributed by atoms with Gasteiger partial charge >= 0.3 is 6.18 Å². The lowest BCUT2D eigenvalue weighted by atomic mass is 10.1. The Hall–Kier alpha value is -2.24. The summed E-state index contributed by atoms with van der Waals surface area (Å²) in [6, 6.07) is 8.71. The van der Waals surface area contributed by atoms with Crippen LogP contribution in [0.15, 0.2) is 42.5 Å². The summed E-state index contributed by atoms with van der Waals surface area (Å²) in [7, 11) is 0. The number of benzene rings is 2. The van der Waals surface area contributed by atoms with E-state index in [0.29, 0.717) is 5.56 Å². The molecule has 0 amide bonds. The zero-order chi connectivity index (χ0) is 14.8. The van der Waals surface area contributed by atoms with Gasteiger partial charge in [0.1, 0.15) is 0 Å². The molecule has 2 nitrogen and oxygen atoms in total. The molecule has 106 valence electrons. The fraction of sp³-hybridized carbons (Fsp3) is 0.143. The number of nitrogens with one attached hydrogen (secondary N) is 1. The fourth-order valence-corrected chi connectivity index (χ4v) is 1.71. The maximum absolute atomic E-state index is 13.1. The van der Waals surface area contributed by atoms with E-state index in [9.17, 15) is 22.7 Å². The summed E-state index contributed by atoms with van der Waals surface area (Å²) in [4.78, 5) is 0. The van der Waals surface area contributed by atoms with E-state index in [4.69, 9.17) is 0 Å². The van der Waals surface area contributed by atoms with Crippen molar-refractivity contribution in [3.05, 3.63) is 59.4 Å². The van der Waals surface area contributed by atoms with E-state index in [1.807, 2.05) is 0 Å². The summed E-state index contributed by atoms with van der Waals surface area (Å²) in [6.07, 6.45) is -4.41. The largest absolute Gasteiger partial charge is 0.503 e. The Labute approximate surface area is 112 Å². The Bertz CT molecular complexity index is 610. The zero-order valence-electron chi connectivity index (χ0n) is 10.2. The number of hydrogen-bond donors (Lipinski definition) is 2. The normalized spacial score (nSPS) is 11.4. The Morgan fingerprint density at radius 3 is 2.45 bits per heavy atom. The van der Waals surface area contributed by atoms with E-state index < -0.39 is 23.3 Å². The summed E-state index contributed by atoms with van der Waals surface area (Å²) in [5.74, 6) is -1.35. The molecule has 0 aromatic heterocycles. The highest BCUT2D eigenvalue weighted by Crippen LogP contribution is 2.30. The average Bonchev–Trinajstić information content (AvgIpc) is 2.40. The quantitative estimate of drug-likeness (QED) is 0.655. The van der Waals surface area contributed by atoms with Crippen LogP contribution in [0.3, 0.4) is 0 Å². The number of para-hydroxylation sites is 1. The predicted octanol–water partition coefficient (Wildman–Crippen LogP) is 4.16. The van der Waals surface area contributed by atoms with Crippen LogP contribution < -0.4 is 5.32 Å². The minimum Gasteiger partial charge on any atom is -0.503 e. The molecule has 0 radical (unpaired) electrons. The van der Waals surface area contributed by atoms with Gasteiger partial charge in [-0.3, -0.25) is 0 Å². The number of phenolic OH excluding ortho intramolecular Hbond substituents is 1. The Morgan fingerprint density at radius 2 is 1.75 bits per heavy atom. The van der Waals surface area contributed by atoms with Crippen LogP contribution in [0.2, 0.25) is 0 Å². The summed E-state index contributed by atoms with van der Waals surface area (Å²) in [5.41, 5.74) is -0.244. The number of anilines is 1. The Morgan fingerprint density at radius 1 is 1.05 bits per heavy atom. The van der Waals surface area contributed by atoms with Crippen molar-refractivity contribution < 1.29 is 22.7 Å². The summed E-state index contributed by atoms with van der Waals surface area (Å²) in [6.45, 7) is 0.0426. The Balaban J connectivity index is 2.13. The second-order valence-electron chi connectivity index (χ2n) is 4.19. The topological polar surface area (TPSA) is 32.3 Å². The molecule has 0 saturated carbocycles. The van der Waals surface area contributed by atoms with E-state index in [2.05, 4.69) is 5.32 Å². The van der Waals surface area contributed by atoms with Gasteiger partial charge in [0, 0.05) is 6.54 Å². The van der Waals surface area contributed by atoms with Gasteiger partial charge in [-0.1, -0.05) is 18.2 Å². The molecular weight excluding hydrogens is 274 g/mol. The first-order valence-electron chi connectivity index (χ1n) is 5.75. The number of phenols is 1. The molecule has 0 spiro atoms. The highest BCUT2D eigenvalue weighted by Gasteiger charge is 2.30. The lowest BCUT2D eigenvalue weighted by molar-refractivity contribution is -0.137. The maximum Gasteiger partial charge on any atom is 0.416 e. The molecule has 2 aromatic carbocycles. The van der Waals surface area contributed by atoms with Gasteiger partial charge in [0.05, 0.1) is 11.3 Å². The van der Waals surface area contributed by atoms with Gasteiger partial charge in [-0.25, -0.2) is 4.39 Å². The number of halogens is 4. The van der Waals surface area contributed by atoms with E-state index in [-0.39, 0.29) is 12.2 Å². The average molecular weight is 285 g/mol. The van der Waals surface area contributed by atoms with Gasteiger partial charge in [0.15, 0.2) is 11.6 Å². The van der Waals surface area contributed by atoms with Crippen molar-refractivity contribution in [3.63, 3.8) is 0 Å². The van der Waals surface area contributed by atoms with Crippen LogP contribution in [-0.2, 0) is 12.7 Å². The molecule has 2 aromatic rings. The van der Waals surface area contributed by atoms with Crippen LogP contribution in [0, 0.1) is 5.82 Å². The van der Waals surface area contributed by atoms with Gasteiger partial charge in [-0.05, 0) is 29.8 Å². The lowest BCUT2D eigenvalue weighted by Crippen LogP contribution is -2.07. The third kappa shape index (κ3) is 3.20. The summed E-state index contributed by atoms with van der Waals surface area (Å²) >= 11 is 0. The molecule has 0 unspecified atom stereocenters. The molecule has 0 bridgehead atoms. The van der Waals surface area contributed by atoms with Crippen LogP contribution in [0.5, 0.6) is 5.75 Å². The second kappa shape index (κ2) is 5.40. The summed E-state index contributed by atoms with van der Waals surface area (Å²) in [5, 5.41) is 12.1. The fourth-order valence-electron chi connectivity index (χ4n) is 1.71. The minimum absolute atomic E-state index is 0.0426. The van der Waals surface area contributed by atoms with Crippen LogP contribution in [0.4, 0.5) is 23.2 Å². The third-order valence-electron chi connectivity index (χ3n) is 2.72. The summed E-state index contributed by atoms with van der Waals surface area (Å²) < 4.78 is 50.7. The molecule has 0 aliphatic heterocycles. The first kappa shape index (κ1) is 14.2. The third-order valence-corrected chi connectivity index (χ3v) is 2.72. The van der Waals surface area contributed by atoms with E-state index in [0.717, 1.165) is 18.2 Å². The molecule has 0 atom stereocenters. The van der Waals surface area contributed by atoms with Crippen LogP contribution in [-0.4, -0.2) is 5.11 Å². The van der Waals surface area contributed by atoms with Gasteiger partial charge < -0.3 is 10.4 Å². The molecule has 0 aliphatic rings. The molecule has 0 fully saturated rings. The van der Waals surface area contributed by atoms with Gasteiger partial charge in [-0.15, -0.1) is 0 Å². The first-order chi connectivity index (χ1) is 9.38. The van der Waals surface area contributed by atoms with Crippen molar-refractivity contribution >= 4 is 5.69 Å². The van der Waals surface area contributed by atoms with E-state index in [1.165, 1.54) is 24.3 Å². The van der Waals surface area contributed by atoms with Crippen molar-refractivity contribution in [1.29, 1.82) is 0 Å². The standard InChI is InChI=1S/C14H11F4NO/c15-11-5-2-6-12(13(11)20)19-8-9-3-1-4-10(7-9)14(16,17)18/h1-7,19-20H,8H2. The SMILES string of the molecule is Oc1c(F)cccc1NCc1cccc(C(F)(F)F)c1. The molecule has 20 heavy (non-hydrogen) atoms. The molecule has 2 rings (SSSR count). The first-order valence-corrected chi connectivity index (χ1v) is 5.75. The van der Waals surface area contributed by atoms with E-state index >= 15 is 0 Å². The number of aromatic hydroxyl groups is 1. The van der Waals surface area contributed by atoms with Crippen LogP contribution >= 0.6 is 0 Å². The monoisotopic (exact) mass is 285 g/mol. The molecule has 0 heterocycles. The molecule has 2 N–H and O–H groups in total. The van der Waals surface area contributed by atoms with Gasteiger partial charge in [-0.2, -0.15) is 13.2 Å². The van der Waals surface area contributed by atoms with Crippen molar-refractivity contribution in [2.75, 3.05) is 5.32 Å². The highest BCUT2D eigenvalue weighted by molar-refractivity contribution is 5.56. The van der Waals surface area contributed by atoms with Crippen molar-refractivity contribution in [2.45, 2.75) is 12.7 Å². The molecule has 6 heteroatoms. The number of hydrogen-bond acceptors (Lipinski definition) is 2. The lowest BCUT2D eigenvalue weighted by Gasteiger charge is -2.11. The van der Waals surface area contributed by atoms with Crippen molar-refractivity contribution in [3.8, 4) is 5.75 Å². The van der Waals surface area contributed by atoms with Crippen LogP contribution in [0.1, 0.15) is 11.1 Å². The molecule has 0 saturated heterocycles. The van der Waals surface area contributed by atoms with E-state index in [1.54, 1.807) is 0 Å². The van der Waals surface area contributed by atoms with Crippen LogP contribution in [0.25, 0.3) is 0 Å². The van der Waals surface area contributed by atoms with Gasteiger partial charge in [0.2, 0.25) is 0 Å². The van der Waals surface area contributed by atoms with Gasteiger partial charge in [0.25, 0.3) is 0 Å². The Kier molecular flexibility index (Phi) is 3.83. The van der Waals surface area contributed by atoms with Crippen molar-refractivity contribution in [2.24, 2.45) is 0 Å². The minimum atomic E-state index is -4.41. The highest BCUT2D eigenvalue weighted by atomic mass is 19.4. The maximum atomic E-state index is 13.1. The second-order valence-corrected chi connectivity index (χ2v) is 4.19. The number of rotatable bonds is 3. The van der Waals surface area contributed by atoms with Crippen molar-refractivity contribution in [1.82, 2.24) is 0 Å². The zero-order valence-corrected chi connectivity index (χ0v) is 10.2. The molecular formula is C14H11F4NO. The smallest absolute Gasteiger partial charge is 0.416 e. The predicted molar refractivity (Wildman–Crippen MR) is 66.8 cm³/mol. The molecule has 0 aliphatic carbocycles. The number of alkyl halides is 3.